The van der Waals surface area contributed by atoms with Crippen LogP contribution in [0.5, 0.6) is 0 Å². The van der Waals surface area contributed by atoms with Crippen molar-refractivity contribution < 1.29 is 22.8 Å². The van der Waals surface area contributed by atoms with Crippen molar-refractivity contribution in [3.63, 3.8) is 0 Å². The van der Waals surface area contributed by atoms with Gasteiger partial charge in [-0.2, -0.15) is 13.2 Å². The second-order valence-corrected chi connectivity index (χ2v) is 8.10. The molecule has 2 aromatic carbocycles. The molecular formula is C20H17F3N2O2S. The van der Waals surface area contributed by atoms with Crippen LogP contribution >= 0.6 is 11.8 Å². The zero-order chi connectivity index (χ0) is 19.9. The van der Waals surface area contributed by atoms with Gasteiger partial charge in [-0.05, 0) is 36.2 Å². The lowest BCUT2D eigenvalue weighted by molar-refractivity contribution is -0.137. The molecule has 0 radical (unpaired) electrons. The van der Waals surface area contributed by atoms with Crippen LogP contribution in [0.3, 0.4) is 0 Å². The number of hydrogen-bond donors (Lipinski definition) is 1. The molecule has 2 aliphatic rings. The van der Waals surface area contributed by atoms with Gasteiger partial charge in [0.15, 0.2) is 0 Å². The summed E-state index contributed by atoms with van der Waals surface area (Å²) in [6.07, 6.45) is -3.43. The fourth-order valence-electron chi connectivity index (χ4n) is 3.80. The second kappa shape index (κ2) is 6.84. The maximum Gasteiger partial charge on any atom is 0.416 e. The quantitative estimate of drug-likeness (QED) is 0.830. The highest BCUT2D eigenvalue weighted by atomic mass is 32.2. The van der Waals surface area contributed by atoms with Crippen molar-refractivity contribution in [3.05, 3.63) is 65.7 Å². The number of anilines is 1. The number of benzene rings is 2. The maximum atomic E-state index is 12.8. The number of nitrogens with zero attached hydrogens (tertiary/aromatic N) is 1. The molecule has 2 atom stereocenters. The van der Waals surface area contributed by atoms with E-state index in [4.69, 9.17) is 0 Å². The molecule has 4 nitrogen and oxygen atoms in total. The number of amides is 2. The number of fused-ring (bicyclic) bond motifs is 1. The monoisotopic (exact) mass is 406 g/mol. The van der Waals surface area contributed by atoms with E-state index in [1.54, 1.807) is 16.7 Å². The van der Waals surface area contributed by atoms with Crippen LogP contribution in [0.15, 0.2) is 54.6 Å². The number of rotatable bonds is 3. The lowest BCUT2D eigenvalue weighted by Crippen LogP contribution is -2.48. The van der Waals surface area contributed by atoms with Crippen LogP contribution < -0.4 is 5.32 Å². The highest BCUT2D eigenvalue weighted by Crippen LogP contribution is 2.54. The molecule has 28 heavy (non-hydrogen) atoms. The van der Waals surface area contributed by atoms with Crippen molar-refractivity contribution in [2.24, 2.45) is 0 Å². The van der Waals surface area contributed by atoms with E-state index in [-0.39, 0.29) is 17.5 Å². The lowest BCUT2D eigenvalue weighted by atomic mass is 10.0. The van der Waals surface area contributed by atoms with Crippen molar-refractivity contribution in [1.82, 2.24) is 4.90 Å². The van der Waals surface area contributed by atoms with Gasteiger partial charge in [0.25, 0.3) is 0 Å². The second-order valence-electron chi connectivity index (χ2n) is 6.81. The normalized spacial score (nSPS) is 24.3. The minimum atomic E-state index is -4.43. The van der Waals surface area contributed by atoms with Crippen LogP contribution in [-0.2, 0) is 20.6 Å². The van der Waals surface area contributed by atoms with Gasteiger partial charge in [0, 0.05) is 17.9 Å². The van der Waals surface area contributed by atoms with E-state index in [2.05, 4.69) is 5.32 Å². The van der Waals surface area contributed by atoms with Crippen molar-refractivity contribution in [2.75, 3.05) is 11.1 Å². The summed E-state index contributed by atoms with van der Waals surface area (Å²) in [5.74, 6) is -0.0330. The van der Waals surface area contributed by atoms with Crippen molar-refractivity contribution >= 4 is 29.3 Å². The van der Waals surface area contributed by atoms with Gasteiger partial charge in [0.05, 0.1) is 5.56 Å². The van der Waals surface area contributed by atoms with E-state index in [1.807, 2.05) is 30.3 Å². The number of nitrogens with one attached hydrogen (secondary N) is 1. The average Bonchev–Trinajstić information content (AvgIpc) is 3.22. The first-order valence-corrected chi connectivity index (χ1v) is 9.80. The van der Waals surface area contributed by atoms with Gasteiger partial charge in [-0.1, -0.05) is 30.3 Å². The van der Waals surface area contributed by atoms with Crippen LogP contribution in [0, 0.1) is 0 Å². The molecule has 0 bridgehead atoms. The standard InChI is InChI=1S/C20H17F3N2O2S/c21-20(22,23)14-6-8-15(9-7-14)24-18(27)16-12-28-19(11-10-17(26)25(16)19)13-4-2-1-3-5-13/h1-9,16H,10-12H2,(H,24,27)/t16-,19-/m0/s1. The predicted molar refractivity (Wildman–Crippen MR) is 101 cm³/mol. The molecule has 1 N–H and O–H groups in total. The minimum Gasteiger partial charge on any atom is -0.324 e. The van der Waals surface area contributed by atoms with Gasteiger partial charge in [-0.25, -0.2) is 0 Å². The van der Waals surface area contributed by atoms with Gasteiger partial charge in [-0.15, -0.1) is 11.8 Å². The summed E-state index contributed by atoms with van der Waals surface area (Å²) in [6.45, 7) is 0. The molecular weight excluding hydrogens is 389 g/mol. The molecule has 2 fully saturated rings. The summed E-state index contributed by atoms with van der Waals surface area (Å²) in [7, 11) is 0. The Morgan fingerprint density at radius 1 is 1.11 bits per heavy atom. The van der Waals surface area contributed by atoms with Crippen molar-refractivity contribution in [3.8, 4) is 0 Å². The summed E-state index contributed by atoms with van der Waals surface area (Å²) in [6, 6.07) is 13.2. The van der Waals surface area contributed by atoms with Crippen LogP contribution in [0.1, 0.15) is 24.0 Å². The third-order valence-corrected chi connectivity index (χ3v) is 6.73. The molecule has 0 aromatic heterocycles. The predicted octanol–water partition coefficient (Wildman–Crippen LogP) is 4.23. The molecule has 146 valence electrons. The summed E-state index contributed by atoms with van der Waals surface area (Å²) in [5, 5.41) is 2.65. The van der Waals surface area contributed by atoms with Crippen molar-refractivity contribution in [1.29, 1.82) is 0 Å². The Balaban J connectivity index is 1.55. The van der Waals surface area contributed by atoms with Gasteiger partial charge in [0.2, 0.25) is 11.8 Å². The van der Waals surface area contributed by atoms with Crippen LogP contribution in [0.4, 0.5) is 18.9 Å². The summed E-state index contributed by atoms with van der Waals surface area (Å²) >= 11 is 1.57. The van der Waals surface area contributed by atoms with Crippen LogP contribution in [0.25, 0.3) is 0 Å². The zero-order valence-electron chi connectivity index (χ0n) is 14.7. The molecule has 0 aliphatic carbocycles. The summed E-state index contributed by atoms with van der Waals surface area (Å²) in [4.78, 5) is 26.5. The number of hydrogen-bond acceptors (Lipinski definition) is 3. The Hall–Kier alpha value is -2.48. The SMILES string of the molecule is O=C(Nc1ccc(C(F)(F)F)cc1)[C@@H]1CS[C@]2(c3ccccc3)CCC(=O)N12. The summed E-state index contributed by atoms with van der Waals surface area (Å²) in [5.41, 5.74) is 0.474. The first kappa shape index (κ1) is 18.9. The Kier molecular flexibility index (Phi) is 4.61. The fraction of sp³-hybridized carbons (Fsp3) is 0.300. The Morgan fingerprint density at radius 3 is 2.43 bits per heavy atom. The molecule has 4 rings (SSSR count). The zero-order valence-corrected chi connectivity index (χ0v) is 15.5. The molecule has 0 unspecified atom stereocenters. The molecule has 0 saturated carbocycles. The summed E-state index contributed by atoms with van der Waals surface area (Å²) < 4.78 is 38.1. The first-order valence-electron chi connectivity index (χ1n) is 8.81. The fourth-order valence-corrected chi connectivity index (χ4v) is 5.46. The molecule has 2 aromatic rings. The third-order valence-electron chi connectivity index (χ3n) is 5.13. The van der Waals surface area contributed by atoms with Crippen molar-refractivity contribution in [2.45, 2.75) is 29.9 Å². The van der Waals surface area contributed by atoms with Crippen LogP contribution in [0.2, 0.25) is 0 Å². The molecule has 2 saturated heterocycles. The average molecular weight is 406 g/mol. The first-order chi connectivity index (χ1) is 13.3. The van der Waals surface area contributed by atoms with E-state index in [0.717, 1.165) is 17.7 Å². The smallest absolute Gasteiger partial charge is 0.324 e. The van der Waals surface area contributed by atoms with E-state index in [9.17, 15) is 22.8 Å². The van der Waals surface area contributed by atoms with E-state index >= 15 is 0 Å². The molecule has 2 amide bonds. The van der Waals surface area contributed by atoms with E-state index in [1.165, 1.54) is 12.1 Å². The third kappa shape index (κ3) is 3.15. The van der Waals surface area contributed by atoms with Crippen LogP contribution in [-0.4, -0.2) is 28.5 Å². The van der Waals surface area contributed by atoms with Gasteiger partial charge >= 0.3 is 6.18 Å². The number of alkyl halides is 3. The number of halogens is 3. The molecule has 2 aliphatic heterocycles. The number of carbonyl (C=O) groups excluding carboxylic acids is 2. The number of thioether (sulfide) groups is 1. The van der Waals surface area contributed by atoms with Gasteiger partial charge < -0.3 is 10.2 Å². The largest absolute Gasteiger partial charge is 0.416 e. The Morgan fingerprint density at radius 2 is 1.79 bits per heavy atom. The van der Waals surface area contributed by atoms with Gasteiger partial charge in [-0.3, -0.25) is 9.59 Å². The minimum absolute atomic E-state index is 0.0820. The molecule has 2 heterocycles. The Labute approximate surface area is 164 Å². The van der Waals surface area contributed by atoms with Gasteiger partial charge in [0.1, 0.15) is 10.9 Å². The molecule has 0 spiro atoms. The van der Waals surface area contributed by atoms with E-state index in [0.29, 0.717) is 18.6 Å². The van der Waals surface area contributed by atoms with E-state index < -0.39 is 22.7 Å². The topological polar surface area (TPSA) is 49.4 Å². The Bertz CT molecular complexity index is 902. The highest BCUT2D eigenvalue weighted by molar-refractivity contribution is 8.00. The molecule has 8 heteroatoms. The number of carbonyl (C=O) groups is 2. The maximum absolute atomic E-state index is 12.8. The highest BCUT2D eigenvalue weighted by Gasteiger charge is 2.56. The lowest BCUT2D eigenvalue weighted by Gasteiger charge is -2.34.